The number of benzene rings is 1. The van der Waals surface area contributed by atoms with E-state index < -0.39 is 0 Å². The standard InChI is InChI=1S/C19H16ClN5OS/c1-11-2-3-12(13(20)8-11)5-7-25-10-23-15-9-16(27-17(15)18(25)26)14-4-6-22-19(21)24-14/h2-4,6,8-10H,5,7H2,1H3,(H2,21,22,24). The Balaban J connectivity index is 1.65. The molecule has 0 aliphatic rings. The molecule has 2 N–H and O–H groups in total. The maximum Gasteiger partial charge on any atom is 0.271 e. The van der Waals surface area contributed by atoms with Crippen LogP contribution in [0.2, 0.25) is 5.02 Å². The Morgan fingerprint density at radius 2 is 2.07 bits per heavy atom. The van der Waals surface area contributed by atoms with Crippen LogP contribution in [-0.2, 0) is 13.0 Å². The summed E-state index contributed by atoms with van der Waals surface area (Å²) in [5.74, 6) is 0.199. The van der Waals surface area contributed by atoms with Crippen molar-refractivity contribution in [2.45, 2.75) is 19.9 Å². The third-order valence-corrected chi connectivity index (χ3v) is 5.75. The first-order chi connectivity index (χ1) is 13.0. The van der Waals surface area contributed by atoms with Gasteiger partial charge in [0.15, 0.2) is 0 Å². The molecule has 0 fully saturated rings. The Morgan fingerprint density at radius 1 is 1.22 bits per heavy atom. The van der Waals surface area contributed by atoms with Crippen LogP contribution in [0.1, 0.15) is 11.1 Å². The van der Waals surface area contributed by atoms with Crippen LogP contribution in [0.15, 0.2) is 47.7 Å². The van der Waals surface area contributed by atoms with Gasteiger partial charge in [0.05, 0.1) is 22.4 Å². The van der Waals surface area contributed by atoms with Gasteiger partial charge in [-0.1, -0.05) is 23.7 Å². The number of aromatic nitrogens is 4. The summed E-state index contributed by atoms with van der Waals surface area (Å²) >= 11 is 7.65. The maximum atomic E-state index is 12.8. The molecule has 0 bridgehead atoms. The van der Waals surface area contributed by atoms with Crippen LogP contribution in [0.3, 0.4) is 0 Å². The van der Waals surface area contributed by atoms with E-state index in [0.29, 0.717) is 28.9 Å². The number of hydrogen-bond acceptors (Lipinski definition) is 6. The fourth-order valence-electron chi connectivity index (χ4n) is 2.84. The van der Waals surface area contributed by atoms with E-state index in [0.717, 1.165) is 21.0 Å². The number of aryl methyl sites for hydroxylation is 3. The lowest BCUT2D eigenvalue weighted by Gasteiger charge is -2.07. The van der Waals surface area contributed by atoms with E-state index in [4.69, 9.17) is 17.3 Å². The van der Waals surface area contributed by atoms with Crippen LogP contribution >= 0.6 is 22.9 Å². The summed E-state index contributed by atoms with van der Waals surface area (Å²) in [6.45, 7) is 2.51. The Kier molecular flexibility index (Phi) is 4.63. The summed E-state index contributed by atoms with van der Waals surface area (Å²) in [7, 11) is 0. The fourth-order valence-corrected chi connectivity index (χ4v) is 4.20. The Hall–Kier alpha value is -2.77. The molecule has 8 heteroatoms. The molecule has 0 atom stereocenters. The normalized spacial score (nSPS) is 11.2. The van der Waals surface area contributed by atoms with Crippen LogP contribution in [0.5, 0.6) is 0 Å². The molecule has 0 aliphatic heterocycles. The van der Waals surface area contributed by atoms with Crippen molar-refractivity contribution in [1.82, 2.24) is 19.5 Å². The molecule has 27 heavy (non-hydrogen) atoms. The zero-order valence-corrected chi connectivity index (χ0v) is 16.1. The highest BCUT2D eigenvalue weighted by atomic mass is 35.5. The molecule has 6 nitrogen and oxygen atoms in total. The van der Waals surface area contributed by atoms with Crippen molar-refractivity contribution < 1.29 is 0 Å². The van der Waals surface area contributed by atoms with Crippen molar-refractivity contribution in [3.8, 4) is 10.6 Å². The van der Waals surface area contributed by atoms with Gasteiger partial charge in [0.1, 0.15) is 4.70 Å². The highest BCUT2D eigenvalue weighted by molar-refractivity contribution is 7.22. The predicted molar refractivity (Wildman–Crippen MR) is 109 cm³/mol. The lowest BCUT2D eigenvalue weighted by molar-refractivity contribution is 0.663. The first kappa shape index (κ1) is 17.6. The van der Waals surface area contributed by atoms with Gasteiger partial charge in [-0.25, -0.2) is 15.0 Å². The maximum absolute atomic E-state index is 12.8. The molecule has 0 saturated heterocycles. The highest BCUT2D eigenvalue weighted by Gasteiger charge is 2.12. The number of fused-ring (bicyclic) bond motifs is 1. The van der Waals surface area contributed by atoms with Crippen LogP contribution in [0.25, 0.3) is 20.8 Å². The molecule has 4 rings (SSSR count). The molecule has 136 valence electrons. The second-order valence-electron chi connectivity index (χ2n) is 6.21. The van der Waals surface area contributed by atoms with Gasteiger partial charge in [-0.2, -0.15) is 0 Å². The largest absolute Gasteiger partial charge is 0.368 e. The minimum absolute atomic E-state index is 0.0680. The van der Waals surface area contributed by atoms with Crippen LogP contribution in [-0.4, -0.2) is 19.5 Å². The highest BCUT2D eigenvalue weighted by Crippen LogP contribution is 2.29. The van der Waals surface area contributed by atoms with Crippen molar-refractivity contribution in [2.75, 3.05) is 5.73 Å². The number of anilines is 1. The number of nitrogens with zero attached hydrogens (tertiary/aromatic N) is 4. The van der Waals surface area contributed by atoms with E-state index in [1.165, 1.54) is 11.3 Å². The topological polar surface area (TPSA) is 86.7 Å². The van der Waals surface area contributed by atoms with Crippen molar-refractivity contribution in [3.63, 3.8) is 0 Å². The lowest BCUT2D eigenvalue weighted by Crippen LogP contribution is -2.20. The molecule has 0 amide bonds. The minimum Gasteiger partial charge on any atom is -0.368 e. The second-order valence-corrected chi connectivity index (χ2v) is 7.67. The summed E-state index contributed by atoms with van der Waals surface area (Å²) < 4.78 is 2.22. The van der Waals surface area contributed by atoms with E-state index in [2.05, 4.69) is 15.0 Å². The summed E-state index contributed by atoms with van der Waals surface area (Å²) in [4.78, 5) is 26.2. The van der Waals surface area contributed by atoms with Gasteiger partial charge in [-0.05, 0) is 42.7 Å². The molecule has 0 unspecified atom stereocenters. The van der Waals surface area contributed by atoms with Crippen molar-refractivity contribution in [3.05, 3.63) is 69.4 Å². The van der Waals surface area contributed by atoms with Gasteiger partial charge in [0, 0.05) is 17.8 Å². The lowest BCUT2D eigenvalue weighted by atomic mass is 10.1. The van der Waals surface area contributed by atoms with E-state index >= 15 is 0 Å². The van der Waals surface area contributed by atoms with Gasteiger partial charge < -0.3 is 5.73 Å². The number of thiophene rings is 1. The number of nitrogen functional groups attached to an aromatic ring is 1. The Bertz CT molecular complexity index is 1200. The van der Waals surface area contributed by atoms with Crippen molar-refractivity contribution in [2.24, 2.45) is 0 Å². The molecule has 1 aromatic carbocycles. The van der Waals surface area contributed by atoms with Gasteiger partial charge in [-0.3, -0.25) is 9.36 Å². The van der Waals surface area contributed by atoms with Gasteiger partial charge >= 0.3 is 0 Å². The molecular weight excluding hydrogens is 382 g/mol. The predicted octanol–water partition coefficient (Wildman–Crippen LogP) is 3.70. The van der Waals surface area contributed by atoms with Gasteiger partial charge in [0.2, 0.25) is 5.95 Å². The molecule has 0 aliphatic carbocycles. The third kappa shape index (κ3) is 3.56. The molecule has 3 heterocycles. The van der Waals surface area contributed by atoms with Crippen LogP contribution in [0.4, 0.5) is 5.95 Å². The molecule has 4 aromatic rings. The SMILES string of the molecule is Cc1ccc(CCn2cnc3cc(-c4ccnc(N)n4)sc3c2=O)c(Cl)c1. The molecule has 3 aromatic heterocycles. The first-order valence-corrected chi connectivity index (χ1v) is 9.53. The Labute approximate surface area is 164 Å². The number of halogens is 1. The first-order valence-electron chi connectivity index (χ1n) is 8.34. The van der Waals surface area contributed by atoms with Crippen molar-refractivity contribution in [1.29, 1.82) is 0 Å². The van der Waals surface area contributed by atoms with E-state index in [1.54, 1.807) is 23.2 Å². The number of rotatable bonds is 4. The average molecular weight is 398 g/mol. The molecule has 0 saturated carbocycles. The fraction of sp³-hybridized carbons (Fsp3) is 0.158. The van der Waals surface area contributed by atoms with Crippen LogP contribution < -0.4 is 11.3 Å². The van der Waals surface area contributed by atoms with Crippen molar-refractivity contribution >= 4 is 39.1 Å². The van der Waals surface area contributed by atoms with E-state index in [1.807, 2.05) is 31.2 Å². The monoisotopic (exact) mass is 397 g/mol. The van der Waals surface area contributed by atoms with Gasteiger partial charge in [-0.15, -0.1) is 11.3 Å². The van der Waals surface area contributed by atoms with Gasteiger partial charge in [0.25, 0.3) is 5.56 Å². The zero-order valence-electron chi connectivity index (χ0n) is 14.5. The number of hydrogen-bond donors (Lipinski definition) is 1. The summed E-state index contributed by atoms with van der Waals surface area (Å²) in [5.41, 5.74) is 9.04. The second kappa shape index (κ2) is 7.09. The summed E-state index contributed by atoms with van der Waals surface area (Å²) in [6.07, 6.45) is 3.84. The van der Waals surface area contributed by atoms with E-state index in [9.17, 15) is 4.79 Å². The number of nitrogens with two attached hydrogens (primary N) is 1. The quantitative estimate of drug-likeness (QED) is 0.567. The molecule has 0 spiro atoms. The molecular formula is C19H16ClN5OS. The third-order valence-electron chi connectivity index (χ3n) is 4.26. The summed E-state index contributed by atoms with van der Waals surface area (Å²) in [6, 6.07) is 9.56. The average Bonchev–Trinajstić information content (AvgIpc) is 3.08. The minimum atomic E-state index is -0.0680. The smallest absolute Gasteiger partial charge is 0.271 e. The zero-order chi connectivity index (χ0) is 19.0. The van der Waals surface area contributed by atoms with E-state index in [-0.39, 0.29) is 11.5 Å². The molecule has 0 radical (unpaired) electrons. The Morgan fingerprint density at radius 3 is 2.85 bits per heavy atom. The summed E-state index contributed by atoms with van der Waals surface area (Å²) in [5, 5.41) is 0.719. The van der Waals surface area contributed by atoms with Crippen LogP contribution in [0, 0.1) is 6.92 Å².